The first-order valence-corrected chi connectivity index (χ1v) is 7.22. The molecule has 1 fully saturated rings. The fraction of sp³-hybridized carbons (Fsp3) is 0.714. The van der Waals surface area contributed by atoms with Gasteiger partial charge in [-0.1, -0.05) is 5.16 Å². The van der Waals surface area contributed by atoms with E-state index in [-0.39, 0.29) is 24.6 Å². The van der Waals surface area contributed by atoms with Crippen molar-refractivity contribution in [2.45, 2.75) is 58.8 Å². The number of hydrogen-bond acceptors (Lipinski definition) is 7. The molecule has 0 spiro atoms. The zero-order valence-electron chi connectivity index (χ0n) is 13.3. The number of rotatable bonds is 3. The van der Waals surface area contributed by atoms with E-state index in [9.17, 15) is 9.59 Å². The summed E-state index contributed by atoms with van der Waals surface area (Å²) in [4.78, 5) is 28.8. The molecule has 2 heterocycles. The molecule has 0 N–H and O–H groups in total. The molecule has 0 unspecified atom stereocenters. The predicted molar refractivity (Wildman–Crippen MR) is 74.7 cm³/mol. The summed E-state index contributed by atoms with van der Waals surface area (Å²) in [5.74, 6) is 0.197. The molecule has 8 heteroatoms. The Morgan fingerprint density at radius 1 is 1.41 bits per heavy atom. The molecule has 1 atom stereocenters. The lowest BCUT2D eigenvalue weighted by Crippen LogP contribution is -2.36. The summed E-state index contributed by atoms with van der Waals surface area (Å²) >= 11 is 0. The second kappa shape index (κ2) is 6.33. The first-order chi connectivity index (χ1) is 10.3. The molecule has 8 nitrogen and oxygen atoms in total. The van der Waals surface area contributed by atoms with Crippen LogP contribution in [0.5, 0.6) is 0 Å². The van der Waals surface area contributed by atoms with Crippen LogP contribution in [0.1, 0.15) is 58.3 Å². The highest BCUT2D eigenvalue weighted by Crippen LogP contribution is 2.31. The third-order valence-electron chi connectivity index (χ3n) is 3.06. The fourth-order valence-electron chi connectivity index (χ4n) is 2.20. The van der Waals surface area contributed by atoms with Gasteiger partial charge >= 0.3 is 12.1 Å². The van der Waals surface area contributed by atoms with E-state index < -0.39 is 11.6 Å². The average molecular weight is 311 g/mol. The van der Waals surface area contributed by atoms with Crippen LogP contribution in [0.3, 0.4) is 0 Å². The van der Waals surface area contributed by atoms with Gasteiger partial charge in [-0.3, -0.25) is 9.69 Å². The molecule has 22 heavy (non-hydrogen) atoms. The minimum Gasteiger partial charge on any atom is -0.456 e. The first-order valence-electron chi connectivity index (χ1n) is 7.22. The SMILES string of the molecule is CC(=O)OCc1nc([C@@H]2CCCN2C(=O)OC(C)(C)C)no1. The lowest BCUT2D eigenvalue weighted by molar-refractivity contribution is -0.143. The predicted octanol–water partition coefficient (Wildman–Crippen LogP) is 2.20. The molecule has 0 saturated carbocycles. The Labute approximate surface area is 128 Å². The summed E-state index contributed by atoms with van der Waals surface area (Å²) in [5, 5.41) is 3.88. The number of carbonyl (C=O) groups is 2. The lowest BCUT2D eigenvalue weighted by atomic mass is 10.2. The highest BCUT2D eigenvalue weighted by atomic mass is 16.6. The third kappa shape index (κ3) is 4.19. The highest BCUT2D eigenvalue weighted by Gasteiger charge is 2.36. The Hall–Kier alpha value is -2.12. The summed E-state index contributed by atoms with van der Waals surface area (Å²) in [5.41, 5.74) is -0.554. The minimum atomic E-state index is -0.554. The zero-order valence-corrected chi connectivity index (χ0v) is 13.3. The summed E-state index contributed by atoms with van der Waals surface area (Å²) in [7, 11) is 0. The molecule has 1 aromatic heterocycles. The molecule has 0 bridgehead atoms. The van der Waals surface area contributed by atoms with Crippen molar-refractivity contribution >= 4 is 12.1 Å². The number of carbonyl (C=O) groups excluding carboxylic acids is 2. The van der Waals surface area contributed by atoms with Crippen molar-refractivity contribution in [2.24, 2.45) is 0 Å². The fourth-order valence-corrected chi connectivity index (χ4v) is 2.20. The van der Waals surface area contributed by atoms with E-state index in [4.69, 9.17) is 14.0 Å². The molecule has 1 amide bonds. The maximum absolute atomic E-state index is 12.2. The monoisotopic (exact) mass is 311 g/mol. The first kappa shape index (κ1) is 16.3. The van der Waals surface area contributed by atoms with Crippen LogP contribution in [0.4, 0.5) is 4.79 Å². The number of hydrogen-bond donors (Lipinski definition) is 0. The molecule has 0 radical (unpaired) electrons. The van der Waals surface area contributed by atoms with Crippen molar-refractivity contribution < 1.29 is 23.6 Å². The van der Waals surface area contributed by atoms with E-state index in [2.05, 4.69) is 10.1 Å². The Morgan fingerprint density at radius 3 is 2.77 bits per heavy atom. The minimum absolute atomic E-state index is 0.0680. The van der Waals surface area contributed by atoms with Gasteiger partial charge < -0.3 is 14.0 Å². The van der Waals surface area contributed by atoms with Gasteiger partial charge in [-0.05, 0) is 33.6 Å². The smallest absolute Gasteiger partial charge is 0.410 e. The molecule has 1 aliphatic rings. The lowest BCUT2D eigenvalue weighted by Gasteiger charge is -2.27. The van der Waals surface area contributed by atoms with E-state index in [0.29, 0.717) is 12.4 Å². The van der Waals surface area contributed by atoms with Gasteiger partial charge in [0.2, 0.25) is 0 Å². The second-order valence-corrected chi connectivity index (χ2v) is 6.16. The maximum atomic E-state index is 12.2. The molecule has 122 valence electrons. The van der Waals surface area contributed by atoms with Crippen LogP contribution in [-0.4, -0.2) is 39.2 Å². The Balaban J connectivity index is 2.04. The van der Waals surface area contributed by atoms with Crippen molar-refractivity contribution in [1.82, 2.24) is 15.0 Å². The molecule has 1 aliphatic heterocycles. The van der Waals surface area contributed by atoms with Gasteiger partial charge in [0, 0.05) is 13.5 Å². The standard InChI is InChI=1S/C14H21N3O5/c1-9(18)20-8-11-15-12(16-22-11)10-6-5-7-17(10)13(19)21-14(2,3)4/h10H,5-8H2,1-4H3/t10-/m0/s1. The number of amides is 1. The van der Waals surface area contributed by atoms with Crippen molar-refractivity contribution in [3.05, 3.63) is 11.7 Å². The van der Waals surface area contributed by atoms with Gasteiger partial charge in [0.05, 0.1) is 6.04 Å². The number of likely N-dealkylation sites (tertiary alicyclic amines) is 1. The number of ether oxygens (including phenoxy) is 2. The van der Waals surface area contributed by atoms with Crippen LogP contribution in [0, 0.1) is 0 Å². The number of nitrogens with zero attached hydrogens (tertiary/aromatic N) is 3. The molecule has 1 aromatic rings. The van der Waals surface area contributed by atoms with Crippen LogP contribution in [0.15, 0.2) is 4.52 Å². The molecule has 2 rings (SSSR count). The quantitative estimate of drug-likeness (QED) is 0.790. The van der Waals surface area contributed by atoms with Gasteiger partial charge in [0.25, 0.3) is 5.89 Å². The number of aromatic nitrogens is 2. The Morgan fingerprint density at radius 2 is 2.14 bits per heavy atom. The van der Waals surface area contributed by atoms with Gasteiger partial charge in [-0.2, -0.15) is 4.98 Å². The van der Waals surface area contributed by atoms with Gasteiger partial charge in [-0.15, -0.1) is 0 Å². The molecule has 1 saturated heterocycles. The third-order valence-corrected chi connectivity index (χ3v) is 3.06. The van der Waals surface area contributed by atoms with E-state index in [1.54, 1.807) is 4.90 Å². The Kier molecular flexibility index (Phi) is 4.68. The summed E-state index contributed by atoms with van der Waals surface area (Å²) in [6.07, 6.45) is 1.20. The van der Waals surface area contributed by atoms with Crippen LogP contribution >= 0.6 is 0 Å². The summed E-state index contributed by atoms with van der Waals surface area (Å²) in [6, 6.07) is -0.273. The van der Waals surface area contributed by atoms with E-state index >= 15 is 0 Å². The summed E-state index contributed by atoms with van der Waals surface area (Å²) < 4.78 is 15.2. The van der Waals surface area contributed by atoms with Crippen LogP contribution in [-0.2, 0) is 20.9 Å². The van der Waals surface area contributed by atoms with Crippen molar-refractivity contribution in [3.8, 4) is 0 Å². The van der Waals surface area contributed by atoms with E-state index in [1.807, 2.05) is 20.8 Å². The van der Waals surface area contributed by atoms with Crippen molar-refractivity contribution in [3.63, 3.8) is 0 Å². The maximum Gasteiger partial charge on any atom is 0.410 e. The highest BCUT2D eigenvalue weighted by molar-refractivity contribution is 5.69. The normalized spacial score (nSPS) is 18.4. The second-order valence-electron chi connectivity index (χ2n) is 6.16. The van der Waals surface area contributed by atoms with Gasteiger partial charge in [0.15, 0.2) is 12.4 Å². The molecular formula is C14H21N3O5. The van der Waals surface area contributed by atoms with Crippen molar-refractivity contribution in [2.75, 3.05) is 6.54 Å². The van der Waals surface area contributed by atoms with E-state index in [0.717, 1.165) is 12.8 Å². The zero-order chi connectivity index (χ0) is 16.3. The van der Waals surface area contributed by atoms with Gasteiger partial charge in [-0.25, -0.2) is 4.79 Å². The molecule has 0 aromatic carbocycles. The van der Waals surface area contributed by atoms with Crippen LogP contribution < -0.4 is 0 Å². The van der Waals surface area contributed by atoms with E-state index in [1.165, 1.54) is 6.92 Å². The average Bonchev–Trinajstić information content (AvgIpc) is 3.03. The van der Waals surface area contributed by atoms with Crippen molar-refractivity contribution in [1.29, 1.82) is 0 Å². The largest absolute Gasteiger partial charge is 0.456 e. The Bertz CT molecular complexity index is 549. The topological polar surface area (TPSA) is 94.8 Å². The summed E-state index contributed by atoms with van der Waals surface area (Å²) in [6.45, 7) is 7.29. The van der Waals surface area contributed by atoms with Crippen LogP contribution in [0.2, 0.25) is 0 Å². The molecule has 0 aliphatic carbocycles. The molecular weight excluding hydrogens is 290 g/mol. The number of esters is 1. The van der Waals surface area contributed by atoms with Crippen LogP contribution in [0.25, 0.3) is 0 Å². The van der Waals surface area contributed by atoms with Gasteiger partial charge in [0.1, 0.15) is 5.60 Å².